The van der Waals surface area contributed by atoms with Crippen LogP contribution in [-0.2, 0) is 6.54 Å². The van der Waals surface area contributed by atoms with Crippen LogP contribution >= 0.6 is 0 Å². The van der Waals surface area contributed by atoms with Gasteiger partial charge >= 0.3 is 6.61 Å². The summed E-state index contributed by atoms with van der Waals surface area (Å²) in [6.45, 7) is -1.49. The van der Waals surface area contributed by atoms with Gasteiger partial charge in [-0.2, -0.15) is 8.78 Å². The van der Waals surface area contributed by atoms with Crippen LogP contribution in [0.1, 0.15) is 11.1 Å². The Kier molecular flexibility index (Phi) is 4.67. The van der Waals surface area contributed by atoms with Gasteiger partial charge in [-0.15, -0.1) is 0 Å². The molecular formula is C15H13F4NO. The predicted molar refractivity (Wildman–Crippen MR) is 71.5 cm³/mol. The van der Waals surface area contributed by atoms with Crippen molar-refractivity contribution in [1.29, 1.82) is 0 Å². The van der Waals surface area contributed by atoms with E-state index in [1.165, 1.54) is 31.2 Å². The molecule has 6 heteroatoms. The van der Waals surface area contributed by atoms with Gasteiger partial charge < -0.3 is 10.1 Å². The van der Waals surface area contributed by atoms with Gasteiger partial charge in [-0.05, 0) is 24.6 Å². The van der Waals surface area contributed by atoms with E-state index in [0.29, 0.717) is 5.56 Å². The summed E-state index contributed by atoms with van der Waals surface area (Å²) in [6, 6.07) is 8.53. The molecule has 0 aliphatic rings. The molecule has 0 aromatic heterocycles. The lowest BCUT2D eigenvalue weighted by Gasteiger charge is -2.13. The van der Waals surface area contributed by atoms with Crippen molar-refractivity contribution in [2.24, 2.45) is 0 Å². The molecule has 0 heterocycles. The Morgan fingerprint density at radius 2 is 1.81 bits per heavy atom. The van der Waals surface area contributed by atoms with E-state index in [1.54, 1.807) is 6.07 Å². The highest BCUT2D eigenvalue weighted by Gasteiger charge is 2.13. The molecule has 112 valence electrons. The fourth-order valence-corrected chi connectivity index (χ4v) is 1.86. The summed E-state index contributed by atoms with van der Waals surface area (Å²) in [6.07, 6.45) is 0. The largest absolute Gasteiger partial charge is 0.434 e. The summed E-state index contributed by atoms with van der Waals surface area (Å²) in [5, 5.41) is 2.58. The number of halogens is 4. The van der Waals surface area contributed by atoms with Gasteiger partial charge in [-0.1, -0.05) is 24.3 Å². The van der Waals surface area contributed by atoms with E-state index in [2.05, 4.69) is 10.1 Å². The first-order valence-corrected chi connectivity index (χ1v) is 6.20. The van der Waals surface area contributed by atoms with Gasteiger partial charge in [0.15, 0.2) is 5.82 Å². The van der Waals surface area contributed by atoms with E-state index < -0.39 is 18.2 Å². The third kappa shape index (κ3) is 3.65. The molecule has 2 aromatic rings. The van der Waals surface area contributed by atoms with Gasteiger partial charge in [0.05, 0.1) is 0 Å². The third-order valence-corrected chi connectivity index (χ3v) is 2.93. The third-order valence-electron chi connectivity index (χ3n) is 2.93. The van der Waals surface area contributed by atoms with Crippen molar-refractivity contribution in [1.82, 2.24) is 0 Å². The normalized spacial score (nSPS) is 10.8. The summed E-state index contributed by atoms with van der Waals surface area (Å²) in [5.41, 5.74) is 0.371. The topological polar surface area (TPSA) is 21.3 Å². The van der Waals surface area contributed by atoms with Crippen LogP contribution in [0.5, 0.6) is 5.75 Å². The van der Waals surface area contributed by atoms with E-state index in [4.69, 9.17) is 0 Å². The molecule has 0 bridgehead atoms. The molecule has 21 heavy (non-hydrogen) atoms. The van der Waals surface area contributed by atoms with Crippen LogP contribution < -0.4 is 10.1 Å². The number of hydrogen-bond acceptors (Lipinski definition) is 2. The molecule has 2 aromatic carbocycles. The number of ether oxygens (including phenoxy) is 1. The van der Waals surface area contributed by atoms with E-state index in [0.717, 1.165) is 6.07 Å². The van der Waals surface area contributed by atoms with Gasteiger partial charge in [0.25, 0.3) is 0 Å². The lowest BCUT2D eigenvalue weighted by atomic mass is 10.1. The Bertz CT molecular complexity index is 631. The van der Waals surface area contributed by atoms with Crippen LogP contribution in [0, 0.1) is 18.6 Å². The molecule has 0 radical (unpaired) electrons. The minimum Gasteiger partial charge on any atom is -0.434 e. The summed E-state index contributed by atoms with van der Waals surface area (Å²) in [7, 11) is 0. The number of alkyl halides is 2. The quantitative estimate of drug-likeness (QED) is 0.822. The summed E-state index contributed by atoms with van der Waals surface area (Å²) < 4.78 is 56.3. The van der Waals surface area contributed by atoms with Crippen molar-refractivity contribution < 1.29 is 22.3 Å². The molecule has 0 aliphatic carbocycles. The smallest absolute Gasteiger partial charge is 0.387 e. The number of benzene rings is 2. The number of hydrogen-bond donors (Lipinski definition) is 1. The van der Waals surface area contributed by atoms with Crippen LogP contribution in [0.3, 0.4) is 0 Å². The van der Waals surface area contributed by atoms with Crippen LogP contribution in [0.2, 0.25) is 0 Å². The molecule has 0 saturated carbocycles. The molecule has 0 amide bonds. The maximum absolute atomic E-state index is 13.8. The molecule has 0 aliphatic heterocycles. The fraction of sp³-hybridized carbons (Fsp3) is 0.200. The highest BCUT2D eigenvalue weighted by molar-refractivity contribution is 5.50. The van der Waals surface area contributed by atoms with E-state index in [9.17, 15) is 17.6 Å². The zero-order chi connectivity index (χ0) is 15.4. The summed E-state index contributed by atoms with van der Waals surface area (Å²) >= 11 is 0. The van der Waals surface area contributed by atoms with Gasteiger partial charge in [0.1, 0.15) is 17.3 Å². The average Bonchev–Trinajstić information content (AvgIpc) is 2.44. The average molecular weight is 299 g/mol. The molecule has 0 fully saturated rings. The zero-order valence-corrected chi connectivity index (χ0v) is 11.2. The minimum atomic E-state index is -2.96. The first-order valence-electron chi connectivity index (χ1n) is 6.20. The van der Waals surface area contributed by atoms with Crippen LogP contribution in [-0.4, -0.2) is 6.61 Å². The zero-order valence-electron chi connectivity index (χ0n) is 11.2. The molecule has 0 atom stereocenters. The molecular weight excluding hydrogens is 286 g/mol. The molecule has 2 rings (SSSR count). The van der Waals surface area contributed by atoms with Crippen molar-refractivity contribution in [3.63, 3.8) is 0 Å². The van der Waals surface area contributed by atoms with Gasteiger partial charge in [0.2, 0.25) is 0 Å². The molecule has 2 nitrogen and oxygen atoms in total. The van der Waals surface area contributed by atoms with Crippen molar-refractivity contribution in [2.45, 2.75) is 20.1 Å². The van der Waals surface area contributed by atoms with E-state index in [1.807, 2.05) is 0 Å². The maximum atomic E-state index is 13.8. The lowest BCUT2D eigenvalue weighted by molar-refractivity contribution is -0.0504. The van der Waals surface area contributed by atoms with Gasteiger partial charge in [-0.3, -0.25) is 0 Å². The first-order chi connectivity index (χ1) is 9.99. The fourth-order valence-electron chi connectivity index (χ4n) is 1.86. The highest BCUT2D eigenvalue weighted by atomic mass is 19.3. The van der Waals surface area contributed by atoms with Crippen LogP contribution in [0.15, 0.2) is 36.4 Å². The SMILES string of the molecule is Cc1ccc(F)c(NCc2ccccc2OC(F)F)c1F. The Balaban J connectivity index is 2.19. The highest BCUT2D eigenvalue weighted by Crippen LogP contribution is 2.25. The standard InChI is InChI=1S/C15H13F4NO/c1-9-6-7-11(16)14(13(9)17)20-8-10-4-2-3-5-12(10)21-15(18)19/h2-7,15,20H,8H2,1H3. The molecule has 0 spiro atoms. The number of aryl methyl sites for hydroxylation is 1. The number of anilines is 1. The Morgan fingerprint density at radius 1 is 1.10 bits per heavy atom. The van der Waals surface area contributed by atoms with Crippen LogP contribution in [0.25, 0.3) is 0 Å². The van der Waals surface area contributed by atoms with Crippen molar-refractivity contribution >= 4 is 5.69 Å². The van der Waals surface area contributed by atoms with Gasteiger partial charge in [0, 0.05) is 12.1 Å². The predicted octanol–water partition coefficient (Wildman–Crippen LogP) is 4.49. The van der Waals surface area contributed by atoms with Crippen LogP contribution in [0.4, 0.5) is 23.2 Å². The summed E-state index contributed by atoms with van der Waals surface area (Å²) in [5.74, 6) is -1.49. The van der Waals surface area contributed by atoms with E-state index in [-0.39, 0.29) is 23.5 Å². The first kappa shape index (κ1) is 15.2. The number of nitrogens with one attached hydrogen (secondary N) is 1. The second kappa shape index (κ2) is 6.47. The molecule has 0 unspecified atom stereocenters. The molecule has 1 N–H and O–H groups in total. The Morgan fingerprint density at radius 3 is 2.52 bits per heavy atom. The van der Waals surface area contributed by atoms with Gasteiger partial charge in [-0.25, -0.2) is 8.78 Å². The minimum absolute atomic E-state index is 0.0338. The van der Waals surface area contributed by atoms with Crippen molar-refractivity contribution in [3.05, 3.63) is 59.2 Å². The maximum Gasteiger partial charge on any atom is 0.387 e. The molecule has 0 saturated heterocycles. The van der Waals surface area contributed by atoms with Crippen molar-refractivity contribution in [3.8, 4) is 5.75 Å². The van der Waals surface area contributed by atoms with E-state index >= 15 is 0 Å². The lowest BCUT2D eigenvalue weighted by Crippen LogP contribution is -2.09. The number of rotatable bonds is 5. The monoisotopic (exact) mass is 299 g/mol. The Hall–Kier alpha value is -2.24. The second-order valence-electron chi connectivity index (χ2n) is 4.39. The number of para-hydroxylation sites is 1. The summed E-state index contributed by atoms with van der Waals surface area (Å²) in [4.78, 5) is 0. The Labute approximate surface area is 119 Å². The second-order valence-corrected chi connectivity index (χ2v) is 4.39. The van der Waals surface area contributed by atoms with Crippen molar-refractivity contribution in [2.75, 3.05) is 5.32 Å².